The van der Waals surface area contributed by atoms with Crippen LogP contribution in [0.5, 0.6) is 5.88 Å². The number of amides is 1. The number of aryl methyl sites for hydroxylation is 1. The van der Waals surface area contributed by atoms with Gasteiger partial charge in [-0.3, -0.25) is 4.79 Å². The van der Waals surface area contributed by atoms with Crippen LogP contribution >= 0.6 is 0 Å². The molecule has 1 aliphatic heterocycles. The minimum absolute atomic E-state index is 0.0146. The van der Waals surface area contributed by atoms with Gasteiger partial charge in [-0.05, 0) is 49.9 Å². The van der Waals surface area contributed by atoms with Gasteiger partial charge in [0.1, 0.15) is 17.7 Å². The Labute approximate surface area is 219 Å². The Morgan fingerprint density at radius 2 is 2.00 bits per heavy atom. The topological polar surface area (TPSA) is 90.1 Å². The largest absolute Gasteiger partial charge is 0.480 e. The van der Waals surface area contributed by atoms with E-state index in [1.807, 2.05) is 49.2 Å². The highest BCUT2D eigenvalue weighted by atomic mass is 19.1. The van der Waals surface area contributed by atoms with Crippen LogP contribution < -0.4 is 4.74 Å². The lowest BCUT2D eigenvalue weighted by molar-refractivity contribution is -0.135. The first-order valence-electron chi connectivity index (χ1n) is 12.6. The number of nitrogens with one attached hydrogen (secondary N) is 2. The minimum Gasteiger partial charge on any atom is -0.480 e. The highest BCUT2D eigenvalue weighted by Crippen LogP contribution is 2.33. The van der Waals surface area contributed by atoms with E-state index < -0.39 is 0 Å². The number of H-pyrrole nitrogens is 2. The highest BCUT2D eigenvalue weighted by Gasteiger charge is 2.33. The van der Waals surface area contributed by atoms with Crippen LogP contribution in [0.2, 0.25) is 0 Å². The molecule has 1 fully saturated rings. The Kier molecular flexibility index (Phi) is 6.07. The number of ether oxygens (including phenoxy) is 1. The zero-order valence-corrected chi connectivity index (χ0v) is 21.6. The van der Waals surface area contributed by atoms with Crippen molar-refractivity contribution in [3.63, 3.8) is 0 Å². The summed E-state index contributed by atoms with van der Waals surface area (Å²) in [4.78, 5) is 33.8. The van der Waals surface area contributed by atoms with Crippen molar-refractivity contribution in [1.82, 2.24) is 29.7 Å². The van der Waals surface area contributed by atoms with Crippen LogP contribution in [0.3, 0.4) is 0 Å². The molecule has 1 atom stereocenters. The Morgan fingerprint density at radius 3 is 2.84 bits per heavy atom. The van der Waals surface area contributed by atoms with Gasteiger partial charge in [0.05, 0.1) is 36.5 Å². The zero-order chi connectivity index (χ0) is 26.4. The molecule has 6 rings (SSSR count). The summed E-state index contributed by atoms with van der Waals surface area (Å²) < 4.78 is 19.6. The second-order valence-electron chi connectivity index (χ2n) is 9.88. The molecule has 0 aliphatic carbocycles. The van der Waals surface area contributed by atoms with Crippen LogP contribution in [0.15, 0.2) is 54.7 Å². The van der Waals surface area contributed by atoms with Crippen molar-refractivity contribution in [2.45, 2.75) is 19.4 Å². The maximum Gasteiger partial charge on any atom is 0.227 e. The first-order chi connectivity index (χ1) is 18.4. The van der Waals surface area contributed by atoms with Crippen LogP contribution in [0, 0.1) is 12.7 Å². The number of benzene rings is 2. The molecule has 4 heterocycles. The van der Waals surface area contributed by atoms with Gasteiger partial charge in [-0.2, -0.15) is 0 Å². The monoisotopic (exact) mass is 512 g/mol. The second-order valence-corrected chi connectivity index (χ2v) is 9.88. The summed E-state index contributed by atoms with van der Waals surface area (Å²) in [6, 6.07) is 14.3. The number of halogens is 1. The first kappa shape index (κ1) is 24.1. The summed E-state index contributed by atoms with van der Waals surface area (Å²) in [5, 5.41) is 1.75. The molecule has 9 heteroatoms. The van der Waals surface area contributed by atoms with Crippen LogP contribution in [-0.2, 0) is 11.2 Å². The molecule has 1 unspecified atom stereocenters. The van der Waals surface area contributed by atoms with Crippen molar-refractivity contribution < 1.29 is 13.9 Å². The summed E-state index contributed by atoms with van der Waals surface area (Å²) >= 11 is 0. The molecule has 2 aromatic carbocycles. The Bertz CT molecular complexity index is 1660. The minimum atomic E-state index is -0.315. The average molecular weight is 513 g/mol. The molecule has 2 N–H and O–H groups in total. The van der Waals surface area contributed by atoms with Crippen LogP contribution in [0.1, 0.15) is 23.1 Å². The lowest BCUT2D eigenvalue weighted by Crippen LogP contribution is -2.50. The second kappa shape index (κ2) is 9.57. The number of likely N-dealkylation sites (N-methyl/N-ethyl adjacent to an activating group) is 1. The summed E-state index contributed by atoms with van der Waals surface area (Å²) in [6.07, 6.45) is 1.96. The number of carbonyl (C=O) groups is 1. The summed E-state index contributed by atoms with van der Waals surface area (Å²) in [5.41, 5.74) is 4.97. The number of carbonyl (C=O) groups excluding carboxylic acids is 1. The van der Waals surface area contributed by atoms with E-state index >= 15 is 0 Å². The lowest BCUT2D eigenvalue weighted by Gasteiger charge is -2.39. The van der Waals surface area contributed by atoms with Gasteiger partial charge in [0.2, 0.25) is 11.8 Å². The SMILES string of the molecule is COc1nc2ccccc2cc1-c1cnc(C2CN(C)CCN2C(=O)Cc2c(C)[nH]c3ccc(F)cc23)[nH]1. The Hall–Kier alpha value is -4.24. The van der Waals surface area contributed by atoms with Gasteiger partial charge in [-0.15, -0.1) is 0 Å². The van der Waals surface area contributed by atoms with E-state index in [2.05, 4.69) is 19.9 Å². The molecule has 194 valence electrons. The number of nitrogens with zero attached hydrogens (tertiary/aromatic N) is 4. The quantitative estimate of drug-likeness (QED) is 0.359. The number of piperazine rings is 1. The third kappa shape index (κ3) is 4.28. The van der Waals surface area contributed by atoms with Crippen molar-refractivity contribution in [2.24, 2.45) is 0 Å². The summed E-state index contributed by atoms with van der Waals surface area (Å²) in [6.45, 7) is 3.91. The first-order valence-corrected chi connectivity index (χ1v) is 12.6. The standard InChI is InChI=1S/C29H29FN6O2/c1-17-20(21-13-19(30)8-9-24(21)32-17)14-27(37)36-11-10-35(2)16-26(36)28-31-15-25(33-28)22-12-18-6-4-5-7-23(18)34-29(22)38-3/h4-9,12-13,15,26,32H,10-11,14,16H2,1-3H3,(H,31,33). The number of methoxy groups -OCH3 is 1. The molecule has 3 aromatic heterocycles. The molecule has 0 radical (unpaired) electrons. The number of para-hydroxylation sites is 1. The predicted octanol–water partition coefficient (Wildman–Crippen LogP) is 4.62. The third-order valence-electron chi connectivity index (χ3n) is 7.40. The summed E-state index contributed by atoms with van der Waals surface area (Å²) in [7, 11) is 3.65. The molecular formula is C29H29FN6O2. The molecule has 38 heavy (non-hydrogen) atoms. The number of pyridine rings is 1. The number of rotatable bonds is 5. The van der Waals surface area contributed by atoms with E-state index in [0.29, 0.717) is 24.8 Å². The van der Waals surface area contributed by atoms with Crippen LogP contribution in [0.4, 0.5) is 4.39 Å². The van der Waals surface area contributed by atoms with E-state index in [-0.39, 0.29) is 24.2 Å². The maximum atomic E-state index is 14.0. The van der Waals surface area contributed by atoms with Crippen LogP contribution in [-0.4, -0.2) is 69.4 Å². The number of hydrogen-bond acceptors (Lipinski definition) is 5. The fraction of sp³-hybridized carbons (Fsp3) is 0.276. The van der Waals surface area contributed by atoms with Gasteiger partial charge in [0.25, 0.3) is 0 Å². The number of hydrogen-bond donors (Lipinski definition) is 2. The smallest absolute Gasteiger partial charge is 0.227 e. The Balaban J connectivity index is 1.32. The van der Waals surface area contributed by atoms with Gasteiger partial charge in [-0.25, -0.2) is 14.4 Å². The van der Waals surface area contributed by atoms with Crippen molar-refractivity contribution >= 4 is 27.7 Å². The van der Waals surface area contributed by atoms with Crippen molar-refractivity contribution in [2.75, 3.05) is 33.8 Å². The van der Waals surface area contributed by atoms with E-state index in [0.717, 1.165) is 50.9 Å². The zero-order valence-electron chi connectivity index (χ0n) is 21.6. The molecular weight excluding hydrogens is 483 g/mol. The lowest BCUT2D eigenvalue weighted by atomic mass is 10.0. The molecule has 1 saturated heterocycles. The molecule has 0 spiro atoms. The fourth-order valence-corrected chi connectivity index (χ4v) is 5.38. The fourth-order valence-electron chi connectivity index (χ4n) is 5.38. The number of fused-ring (bicyclic) bond motifs is 2. The van der Waals surface area contributed by atoms with Gasteiger partial charge in [0, 0.05) is 41.6 Å². The van der Waals surface area contributed by atoms with E-state index in [1.54, 1.807) is 19.4 Å². The van der Waals surface area contributed by atoms with Crippen LogP contribution in [0.25, 0.3) is 33.1 Å². The molecule has 1 amide bonds. The number of imidazole rings is 1. The number of aromatic amines is 2. The van der Waals surface area contributed by atoms with Gasteiger partial charge >= 0.3 is 0 Å². The molecule has 5 aromatic rings. The van der Waals surface area contributed by atoms with Crippen molar-refractivity contribution in [3.05, 3.63) is 77.6 Å². The van der Waals surface area contributed by atoms with Crippen molar-refractivity contribution in [1.29, 1.82) is 0 Å². The van der Waals surface area contributed by atoms with Gasteiger partial charge in [0.15, 0.2) is 0 Å². The third-order valence-corrected chi connectivity index (χ3v) is 7.40. The normalized spacial score (nSPS) is 16.4. The van der Waals surface area contributed by atoms with Crippen molar-refractivity contribution in [3.8, 4) is 17.1 Å². The van der Waals surface area contributed by atoms with E-state index in [9.17, 15) is 9.18 Å². The highest BCUT2D eigenvalue weighted by molar-refractivity contribution is 5.90. The Morgan fingerprint density at radius 1 is 1.16 bits per heavy atom. The number of aromatic nitrogens is 4. The van der Waals surface area contributed by atoms with Gasteiger partial charge < -0.3 is 24.5 Å². The van der Waals surface area contributed by atoms with E-state index in [1.165, 1.54) is 12.1 Å². The summed E-state index contributed by atoms with van der Waals surface area (Å²) in [5.74, 6) is 0.884. The maximum absolute atomic E-state index is 14.0. The van der Waals surface area contributed by atoms with Gasteiger partial charge in [-0.1, -0.05) is 18.2 Å². The molecule has 1 aliphatic rings. The molecule has 0 bridgehead atoms. The molecule has 0 saturated carbocycles. The van der Waals surface area contributed by atoms with E-state index in [4.69, 9.17) is 9.72 Å². The molecule has 8 nitrogen and oxygen atoms in total. The average Bonchev–Trinajstić information content (AvgIpc) is 3.52. The predicted molar refractivity (Wildman–Crippen MR) is 145 cm³/mol.